The summed E-state index contributed by atoms with van der Waals surface area (Å²) in [6.45, 7) is 2.42. The molecule has 2 aromatic heterocycles. The van der Waals surface area contributed by atoms with Crippen LogP contribution in [0, 0.1) is 6.92 Å². The second-order valence-electron chi connectivity index (χ2n) is 5.92. The van der Waals surface area contributed by atoms with Gasteiger partial charge in [-0.2, -0.15) is 0 Å². The molecule has 114 valence electrons. The van der Waals surface area contributed by atoms with E-state index >= 15 is 0 Å². The first-order chi connectivity index (χ1) is 10.5. The van der Waals surface area contributed by atoms with Crippen molar-refractivity contribution in [2.24, 2.45) is 0 Å². The van der Waals surface area contributed by atoms with Crippen LogP contribution >= 0.6 is 11.6 Å². The molecule has 0 bridgehead atoms. The average Bonchev–Trinajstić information content (AvgIpc) is 3.17. The molecule has 1 fully saturated rings. The Hall–Kier alpha value is -1.82. The minimum Gasteiger partial charge on any atom is -0.325 e. The van der Waals surface area contributed by atoms with Crippen molar-refractivity contribution < 1.29 is 8.78 Å². The zero-order valence-electron chi connectivity index (χ0n) is 11.9. The molecule has 0 N–H and O–H groups in total. The highest BCUT2D eigenvalue weighted by atomic mass is 35.5. The molecule has 1 aliphatic carbocycles. The van der Waals surface area contributed by atoms with Crippen LogP contribution in [-0.2, 0) is 5.41 Å². The lowest BCUT2D eigenvalue weighted by atomic mass is 10.0. The molecule has 0 saturated heterocycles. The van der Waals surface area contributed by atoms with Gasteiger partial charge in [0.2, 0.25) is 0 Å². The van der Waals surface area contributed by atoms with Gasteiger partial charge >= 0.3 is 0 Å². The molecule has 22 heavy (non-hydrogen) atoms. The molecule has 1 aliphatic heterocycles. The highest BCUT2D eigenvalue weighted by molar-refractivity contribution is 6.29. The van der Waals surface area contributed by atoms with Crippen LogP contribution in [0.4, 0.5) is 20.3 Å². The molecule has 1 spiro atoms. The van der Waals surface area contributed by atoms with E-state index in [1.165, 1.54) is 0 Å². The van der Waals surface area contributed by atoms with Crippen LogP contribution in [0.15, 0.2) is 18.3 Å². The maximum atomic E-state index is 13.0. The second kappa shape index (κ2) is 4.59. The van der Waals surface area contributed by atoms with Gasteiger partial charge in [0.15, 0.2) is 5.82 Å². The van der Waals surface area contributed by atoms with Gasteiger partial charge in [-0.05, 0) is 25.8 Å². The highest BCUT2D eigenvalue weighted by Gasteiger charge is 2.52. The summed E-state index contributed by atoms with van der Waals surface area (Å²) in [6.07, 6.45) is 1.26. The van der Waals surface area contributed by atoms with E-state index in [1.807, 2.05) is 4.90 Å². The van der Waals surface area contributed by atoms with E-state index in [1.54, 1.807) is 25.3 Å². The van der Waals surface area contributed by atoms with Crippen molar-refractivity contribution in [2.75, 3.05) is 11.4 Å². The van der Waals surface area contributed by atoms with Crippen molar-refractivity contribution in [3.8, 4) is 0 Å². The van der Waals surface area contributed by atoms with E-state index in [4.69, 9.17) is 11.6 Å². The van der Waals surface area contributed by atoms with Gasteiger partial charge in [0.1, 0.15) is 11.0 Å². The van der Waals surface area contributed by atoms with E-state index in [0.29, 0.717) is 16.7 Å². The largest absolute Gasteiger partial charge is 0.325 e. The number of pyridine rings is 1. The van der Waals surface area contributed by atoms with Gasteiger partial charge < -0.3 is 4.90 Å². The summed E-state index contributed by atoms with van der Waals surface area (Å²) in [5, 5.41) is 0.390. The molecule has 4 rings (SSSR count). The first-order valence-electron chi connectivity index (χ1n) is 7.06. The molecule has 2 aliphatic rings. The predicted molar refractivity (Wildman–Crippen MR) is 78.9 cm³/mol. The summed E-state index contributed by atoms with van der Waals surface area (Å²) >= 11 is 6.01. The fourth-order valence-corrected chi connectivity index (χ4v) is 3.27. The van der Waals surface area contributed by atoms with E-state index < -0.39 is 12.2 Å². The number of anilines is 2. The molecule has 4 nitrogen and oxygen atoms in total. The van der Waals surface area contributed by atoms with Gasteiger partial charge in [0.25, 0.3) is 6.43 Å². The number of aryl methyl sites for hydroxylation is 1. The molecule has 0 amide bonds. The lowest BCUT2D eigenvalue weighted by Gasteiger charge is -2.20. The van der Waals surface area contributed by atoms with Crippen molar-refractivity contribution in [3.05, 3.63) is 40.6 Å². The maximum Gasteiger partial charge on any atom is 0.297 e. The number of nitrogens with zero attached hydrogens (tertiary/aromatic N) is 4. The summed E-state index contributed by atoms with van der Waals surface area (Å²) < 4.78 is 25.9. The van der Waals surface area contributed by atoms with Crippen LogP contribution < -0.4 is 4.90 Å². The third-order valence-electron chi connectivity index (χ3n) is 4.35. The van der Waals surface area contributed by atoms with Gasteiger partial charge in [0, 0.05) is 35.5 Å². The SMILES string of the molecule is Cc1cc(N2CC3(CC3)c3cnc(Cl)cc32)nc(C(F)F)n1. The van der Waals surface area contributed by atoms with Gasteiger partial charge in [-0.3, -0.25) is 0 Å². The number of aromatic nitrogens is 3. The fraction of sp³-hybridized carbons (Fsp3) is 0.400. The van der Waals surface area contributed by atoms with E-state index in [0.717, 1.165) is 30.6 Å². The van der Waals surface area contributed by atoms with Crippen molar-refractivity contribution >= 4 is 23.1 Å². The normalized spacial score (nSPS) is 18.1. The average molecular weight is 323 g/mol. The Bertz CT molecular complexity index is 761. The standard InChI is InChI=1S/C15H13ClF2N4/c1-8-4-12(21-14(20-8)13(17)18)22-7-15(2-3-15)9-6-19-11(16)5-10(9)22/h4-6,13H,2-3,7H2,1H3. The molecule has 7 heteroatoms. The number of alkyl halides is 2. The number of hydrogen-bond acceptors (Lipinski definition) is 4. The number of fused-ring (bicyclic) bond motifs is 2. The van der Waals surface area contributed by atoms with Crippen LogP contribution in [-0.4, -0.2) is 21.5 Å². The molecular weight excluding hydrogens is 310 g/mol. The summed E-state index contributed by atoms with van der Waals surface area (Å²) in [5.74, 6) is 0.0588. The number of rotatable bonds is 2. The first kappa shape index (κ1) is 13.8. The zero-order chi connectivity index (χ0) is 15.5. The molecular formula is C15H13ClF2N4. The molecule has 0 radical (unpaired) electrons. The Morgan fingerprint density at radius 2 is 2.05 bits per heavy atom. The Morgan fingerprint density at radius 3 is 2.73 bits per heavy atom. The third-order valence-corrected chi connectivity index (χ3v) is 4.56. The maximum absolute atomic E-state index is 13.0. The zero-order valence-corrected chi connectivity index (χ0v) is 12.6. The molecule has 1 saturated carbocycles. The topological polar surface area (TPSA) is 41.9 Å². The fourth-order valence-electron chi connectivity index (χ4n) is 3.12. The van der Waals surface area contributed by atoms with Crippen molar-refractivity contribution in [1.29, 1.82) is 0 Å². The lowest BCUT2D eigenvalue weighted by Crippen LogP contribution is -2.21. The second-order valence-corrected chi connectivity index (χ2v) is 6.30. The molecule has 3 heterocycles. The van der Waals surface area contributed by atoms with Gasteiger partial charge in [-0.25, -0.2) is 23.7 Å². The highest BCUT2D eigenvalue weighted by Crippen LogP contribution is 2.57. The molecule has 0 atom stereocenters. The van der Waals surface area contributed by atoms with Crippen molar-refractivity contribution in [1.82, 2.24) is 15.0 Å². The van der Waals surface area contributed by atoms with E-state index in [9.17, 15) is 8.78 Å². The lowest BCUT2D eigenvalue weighted by molar-refractivity contribution is 0.140. The van der Waals surface area contributed by atoms with Gasteiger partial charge in [0.05, 0.1) is 5.69 Å². The van der Waals surface area contributed by atoms with Crippen molar-refractivity contribution in [3.63, 3.8) is 0 Å². The minimum absolute atomic E-state index is 0.0801. The smallest absolute Gasteiger partial charge is 0.297 e. The Kier molecular flexibility index (Phi) is 2.88. The number of halogens is 3. The summed E-state index contributed by atoms with van der Waals surface area (Å²) in [7, 11) is 0. The summed E-state index contributed by atoms with van der Waals surface area (Å²) in [5.41, 5.74) is 2.65. The van der Waals surface area contributed by atoms with Crippen LogP contribution in [0.25, 0.3) is 0 Å². The third kappa shape index (κ3) is 2.05. The van der Waals surface area contributed by atoms with E-state index in [2.05, 4.69) is 15.0 Å². The Labute approximate surface area is 131 Å². The molecule has 2 aromatic rings. The van der Waals surface area contributed by atoms with Crippen LogP contribution in [0.1, 0.15) is 36.3 Å². The Balaban J connectivity index is 1.83. The first-order valence-corrected chi connectivity index (χ1v) is 7.44. The number of hydrogen-bond donors (Lipinski definition) is 0. The summed E-state index contributed by atoms with van der Waals surface area (Å²) in [4.78, 5) is 14.0. The molecule has 0 aromatic carbocycles. The van der Waals surface area contributed by atoms with Crippen LogP contribution in [0.2, 0.25) is 5.15 Å². The summed E-state index contributed by atoms with van der Waals surface area (Å²) in [6, 6.07) is 3.51. The van der Waals surface area contributed by atoms with E-state index in [-0.39, 0.29) is 5.41 Å². The quantitative estimate of drug-likeness (QED) is 0.785. The molecule has 0 unspecified atom stereocenters. The van der Waals surface area contributed by atoms with Gasteiger partial charge in [-0.1, -0.05) is 11.6 Å². The Morgan fingerprint density at radius 1 is 1.27 bits per heavy atom. The minimum atomic E-state index is -2.68. The van der Waals surface area contributed by atoms with Gasteiger partial charge in [-0.15, -0.1) is 0 Å². The van der Waals surface area contributed by atoms with Crippen molar-refractivity contribution in [2.45, 2.75) is 31.6 Å². The predicted octanol–water partition coefficient (Wildman–Crippen LogP) is 3.95. The van der Waals surface area contributed by atoms with Crippen LogP contribution in [0.3, 0.4) is 0 Å². The van der Waals surface area contributed by atoms with Crippen LogP contribution in [0.5, 0.6) is 0 Å². The monoisotopic (exact) mass is 322 g/mol.